The van der Waals surface area contributed by atoms with Crippen molar-refractivity contribution in [2.75, 3.05) is 7.05 Å². The van der Waals surface area contributed by atoms with Crippen LogP contribution in [0.5, 0.6) is 0 Å². The first-order chi connectivity index (χ1) is 6.09. The van der Waals surface area contributed by atoms with Crippen molar-refractivity contribution in [2.24, 2.45) is 15.8 Å². The molecule has 3 nitrogen and oxygen atoms in total. The number of amidine groups is 2. The van der Waals surface area contributed by atoms with E-state index in [0.717, 1.165) is 5.84 Å². The molecule has 0 aliphatic heterocycles. The maximum atomic E-state index is 7.86. The number of nitrogens with zero attached hydrogens (tertiary/aromatic N) is 1. The van der Waals surface area contributed by atoms with Crippen molar-refractivity contribution >= 4 is 11.7 Å². The Labute approximate surface area is 87.5 Å². The monoisotopic (exact) mass is 197 g/mol. The molecule has 0 aromatic heterocycles. The van der Waals surface area contributed by atoms with E-state index in [2.05, 4.69) is 31.1 Å². The van der Waals surface area contributed by atoms with E-state index in [1.54, 1.807) is 7.05 Å². The lowest BCUT2D eigenvalue weighted by atomic mass is 9.91. The largest absolute Gasteiger partial charge is 0.332 e. The zero-order valence-corrected chi connectivity index (χ0v) is 10.4. The first kappa shape index (κ1) is 13.1. The smallest absolute Gasteiger partial charge is 0.107 e. The molecule has 14 heavy (non-hydrogen) atoms. The predicted molar refractivity (Wildman–Crippen MR) is 63.1 cm³/mol. The molecule has 0 atom stereocenters. The quantitative estimate of drug-likeness (QED) is 0.455. The highest BCUT2D eigenvalue weighted by Crippen LogP contribution is 2.17. The van der Waals surface area contributed by atoms with Crippen LogP contribution >= 0.6 is 0 Å². The van der Waals surface area contributed by atoms with Crippen LogP contribution in [0.15, 0.2) is 4.99 Å². The van der Waals surface area contributed by atoms with Crippen LogP contribution in [-0.4, -0.2) is 18.7 Å². The highest BCUT2D eigenvalue weighted by atomic mass is 15.0. The van der Waals surface area contributed by atoms with E-state index in [4.69, 9.17) is 5.41 Å². The molecule has 0 unspecified atom stereocenters. The standard InChI is InChI=1S/C11H23N3/c1-10(2,3)8(12)14-9(13-7)11(4,5)6/h1-7H3,(H2,12,13,14). The SMILES string of the molecule is CN=C(NC(=N)C(C)(C)C)C(C)(C)C. The van der Waals surface area contributed by atoms with Crippen molar-refractivity contribution in [2.45, 2.75) is 41.5 Å². The molecule has 0 saturated carbocycles. The maximum absolute atomic E-state index is 7.86. The molecule has 0 spiro atoms. The molecule has 82 valence electrons. The summed E-state index contributed by atoms with van der Waals surface area (Å²) >= 11 is 0. The summed E-state index contributed by atoms with van der Waals surface area (Å²) in [5.41, 5.74) is -0.187. The molecule has 0 rings (SSSR count). The molecule has 2 N–H and O–H groups in total. The van der Waals surface area contributed by atoms with Crippen LogP contribution in [0.3, 0.4) is 0 Å². The number of rotatable bonds is 0. The van der Waals surface area contributed by atoms with Crippen molar-refractivity contribution in [3.05, 3.63) is 0 Å². The fourth-order valence-electron chi connectivity index (χ4n) is 0.885. The minimum atomic E-state index is -0.152. The van der Waals surface area contributed by atoms with Gasteiger partial charge >= 0.3 is 0 Å². The van der Waals surface area contributed by atoms with E-state index in [1.807, 2.05) is 20.8 Å². The highest BCUT2D eigenvalue weighted by molar-refractivity contribution is 6.03. The van der Waals surface area contributed by atoms with Gasteiger partial charge in [-0.3, -0.25) is 10.4 Å². The Hall–Kier alpha value is -0.860. The van der Waals surface area contributed by atoms with Crippen LogP contribution in [0.25, 0.3) is 0 Å². The van der Waals surface area contributed by atoms with E-state index >= 15 is 0 Å². The van der Waals surface area contributed by atoms with E-state index in [-0.39, 0.29) is 10.8 Å². The normalized spacial score (nSPS) is 14.1. The van der Waals surface area contributed by atoms with Crippen molar-refractivity contribution in [3.8, 4) is 0 Å². The summed E-state index contributed by atoms with van der Waals surface area (Å²) in [6, 6.07) is 0. The van der Waals surface area contributed by atoms with Crippen molar-refractivity contribution < 1.29 is 0 Å². The minimum Gasteiger partial charge on any atom is -0.332 e. The van der Waals surface area contributed by atoms with Crippen molar-refractivity contribution in [3.63, 3.8) is 0 Å². The Morgan fingerprint density at radius 1 is 1.00 bits per heavy atom. The fraction of sp³-hybridized carbons (Fsp3) is 0.818. The van der Waals surface area contributed by atoms with Crippen LogP contribution in [0.1, 0.15) is 41.5 Å². The predicted octanol–water partition coefficient (Wildman–Crippen LogP) is 2.67. The van der Waals surface area contributed by atoms with Crippen LogP contribution in [0.2, 0.25) is 0 Å². The van der Waals surface area contributed by atoms with Gasteiger partial charge in [0.25, 0.3) is 0 Å². The topological polar surface area (TPSA) is 48.2 Å². The molecule has 0 heterocycles. The number of aliphatic imine (C=N–C) groups is 1. The third-order valence-corrected chi connectivity index (χ3v) is 1.93. The van der Waals surface area contributed by atoms with Gasteiger partial charge in [0.2, 0.25) is 0 Å². The van der Waals surface area contributed by atoms with E-state index < -0.39 is 0 Å². The second-order valence-electron chi connectivity index (χ2n) is 5.57. The van der Waals surface area contributed by atoms with Gasteiger partial charge in [0.15, 0.2) is 0 Å². The Bertz CT molecular complexity index is 238. The van der Waals surface area contributed by atoms with Crippen molar-refractivity contribution in [1.29, 1.82) is 5.41 Å². The Morgan fingerprint density at radius 2 is 1.43 bits per heavy atom. The fourth-order valence-corrected chi connectivity index (χ4v) is 0.885. The zero-order valence-electron chi connectivity index (χ0n) is 10.4. The Balaban J connectivity index is 4.61. The van der Waals surface area contributed by atoms with Crippen LogP contribution < -0.4 is 5.32 Å². The molecule has 3 heteroatoms. The molecule has 0 aliphatic rings. The molecular weight excluding hydrogens is 174 g/mol. The summed E-state index contributed by atoms with van der Waals surface area (Å²) in [5.74, 6) is 1.37. The van der Waals surface area contributed by atoms with Gasteiger partial charge < -0.3 is 5.32 Å². The molecule has 0 fully saturated rings. The van der Waals surface area contributed by atoms with Crippen molar-refractivity contribution in [1.82, 2.24) is 5.32 Å². The average molecular weight is 197 g/mol. The van der Waals surface area contributed by atoms with Gasteiger partial charge in [0, 0.05) is 17.9 Å². The van der Waals surface area contributed by atoms with Gasteiger partial charge in [-0.1, -0.05) is 41.5 Å². The molecule has 0 aromatic rings. The first-order valence-electron chi connectivity index (χ1n) is 4.92. The summed E-state index contributed by atoms with van der Waals surface area (Å²) in [7, 11) is 1.75. The second kappa shape index (κ2) is 4.11. The van der Waals surface area contributed by atoms with Crippen LogP contribution in [0, 0.1) is 16.2 Å². The molecule has 0 bridgehead atoms. The summed E-state index contributed by atoms with van der Waals surface area (Å²) in [6.45, 7) is 12.3. The lowest BCUT2D eigenvalue weighted by Crippen LogP contribution is -2.43. The molecular formula is C11H23N3. The maximum Gasteiger partial charge on any atom is 0.107 e. The third kappa shape index (κ3) is 3.90. The van der Waals surface area contributed by atoms with E-state index in [1.165, 1.54) is 0 Å². The zero-order chi connectivity index (χ0) is 11.6. The molecule has 0 amide bonds. The van der Waals surface area contributed by atoms with Crippen LogP contribution in [0.4, 0.5) is 0 Å². The summed E-state index contributed by atoms with van der Waals surface area (Å²) in [5, 5.41) is 10.9. The number of nitrogens with one attached hydrogen (secondary N) is 2. The number of hydrogen-bond acceptors (Lipinski definition) is 2. The lowest BCUT2D eigenvalue weighted by Gasteiger charge is -2.27. The molecule has 0 radical (unpaired) electrons. The molecule has 0 aliphatic carbocycles. The number of hydrogen-bond donors (Lipinski definition) is 2. The van der Waals surface area contributed by atoms with Gasteiger partial charge in [0.1, 0.15) is 11.7 Å². The highest BCUT2D eigenvalue weighted by Gasteiger charge is 2.24. The van der Waals surface area contributed by atoms with E-state index in [0.29, 0.717) is 5.84 Å². The van der Waals surface area contributed by atoms with Gasteiger partial charge in [-0.25, -0.2) is 0 Å². The Morgan fingerprint density at radius 3 is 1.64 bits per heavy atom. The van der Waals surface area contributed by atoms with Gasteiger partial charge in [-0.15, -0.1) is 0 Å². The van der Waals surface area contributed by atoms with Gasteiger partial charge in [-0.2, -0.15) is 0 Å². The summed E-state index contributed by atoms with van der Waals surface area (Å²) in [6.07, 6.45) is 0. The summed E-state index contributed by atoms with van der Waals surface area (Å²) in [4.78, 5) is 4.18. The van der Waals surface area contributed by atoms with E-state index in [9.17, 15) is 0 Å². The minimum absolute atomic E-state index is 0.0354. The van der Waals surface area contributed by atoms with Gasteiger partial charge in [-0.05, 0) is 0 Å². The lowest BCUT2D eigenvalue weighted by molar-refractivity contribution is 0.549. The van der Waals surface area contributed by atoms with Crippen LogP contribution in [-0.2, 0) is 0 Å². The third-order valence-electron chi connectivity index (χ3n) is 1.93. The molecule has 0 aromatic carbocycles. The second-order valence-corrected chi connectivity index (χ2v) is 5.57. The first-order valence-corrected chi connectivity index (χ1v) is 4.92. The molecule has 0 saturated heterocycles. The van der Waals surface area contributed by atoms with Gasteiger partial charge in [0.05, 0.1) is 0 Å². The average Bonchev–Trinajstić information content (AvgIpc) is 1.95. The Kier molecular flexibility index (Phi) is 3.86. The summed E-state index contributed by atoms with van der Waals surface area (Å²) < 4.78 is 0.